The third-order valence-corrected chi connectivity index (χ3v) is 2.37. The van der Waals surface area contributed by atoms with Crippen molar-refractivity contribution in [3.63, 3.8) is 0 Å². The predicted molar refractivity (Wildman–Crippen MR) is 54.4 cm³/mol. The Bertz CT molecular complexity index is 341. The summed E-state index contributed by atoms with van der Waals surface area (Å²) in [5.41, 5.74) is 1.04. The van der Waals surface area contributed by atoms with Crippen molar-refractivity contribution in [3.8, 4) is 11.5 Å². The van der Waals surface area contributed by atoms with Gasteiger partial charge in [0.15, 0.2) is 11.5 Å². The van der Waals surface area contributed by atoms with Gasteiger partial charge in [-0.25, -0.2) is 0 Å². The van der Waals surface area contributed by atoms with E-state index in [-0.39, 0.29) is 5.75 Å². The molecular weight excluding hydrogens is 185 g/mol. The van der Waals surface area contributed by atoms with Crippen LogP contribution in [-0.2, 0) is 6.54 Å². The van der Waals surface area contributed by atoms with Gasteiger partial charge in [-0.3, -0.25) is 4.90 Å². The molecule has 0 spiro atoms. The van der Waals surface area contributed by atoms with Crippen LogP contribution in [0.5, 0.6) is 11.5 Å². The van der Waals surface area contributed by atoms with Gasteiger partial charge in [-0.2, -0.15) is 0 Å². The fourth-order valence-corrected chi connectivity index (χ4v) is 1.85. The Morgan fingerprint density at radius 1 is 1.54 bits per heavy atom. The third-order valence-electron chi connectivity index (χ3n) is 2.04. The topological polar surface area (TPSA) is 32.7 Å². The van der Waals surface area contributed by atoms with Crippen LogP contribution in [-0.4, -0.2) is 23.8 Å². The zero-order valence-corrected chi connectivity index (χ0v) is 8.60. The summed E-state index contributed by atoms with van der Waals surface area (Å²) in [6, 6.07) is 3.70. The molecule has 1 unspecified atom stereocenters. The molecule has 0 saturated heterocycles. The van der Waals surface area contributed by atoms with Gasteiger partial charge in [-0.05, 0) is 24.5 Å². The summed E-state index contributed by atoms with van der Waals surface area (Å²) in [5.74, 6) is 0.861. The highest BCUT2D eigenvalue weighted by molar-refractivity contribution is 7.27. The number of hydrogen-bond donors (Lipinski definition) is 1. The van der Waals surface area contributed by atoms with E-state index in [1.54, 1.807) is 6.07 Å². The van der Waals surface area contributed by atoms with Gasteiger partial charge in [-0.15, -0.1) is 9.24 Å². The van der Waals surface area contributed by atoms with Crippen molar-refractivity contribution in [1.82, 2.24) is 4.90 Å². The number of fused-ring (bicyclic) bond motifs is 1. The van der Waals surface area contributed by atoms with E-state index in [0.717, 1.165) is 17.4 Å². The highest BCUT2D eigenvalue weighted by Gasteiger charge is 2.17. The highest BCUT2D eigenvalue weighted by atomic mass is 31.0. The van der Waals surface area contributed by atoms with Crippen LogP contribution in [0.25, 0.3) is 0 Å². The molecular formula is C9H12NO2P. The second-order valence-corrected chi connectivity index (χ2v) is 3.98. The number of phenols is 1. The van der Waals surface area contributed by atoms with Crippen molar-refractivity contribution in [2.75, 3.05) is 13.8 Å². The lowest BCUT2D eigenvalue weighted by Gasteiger charge is -2.26. The number of nitrogens with zero attached hydrogens (tertiary/aromatic N) is 1. The Labute approximate surface area is 79.5 Å². The average molecular weight is 197 g/mol. The Kier molecular flexibility index (Phi) is 2.14. The molecule has 1 N–H and O–H groups in total. The minimum Gasteiger partial charge on any atom is -0.504 e. The normalized spacial score (nSPS) is 16.5. The van der Waals surface area contributed by atoms with Crippen LogP contribution in [0.2, 0.25) is 0 Å². The lowest BCUT2D eigenvalue weighted by atomic mass is 10.1. The minimum atomic E-state index is 0.232. The Hall–Kier alpha value is -0.790. The fourth-order valence-electron chi connectivity index (χ4n) is 1.49. The second kappa shape index (κ2) is 3.17. The minimum absolute atomic E-state index is 0.232. The van der Waals surface area contributed by atoms with Gasteiger partial charge >= 0.3 is 0 Å². The molecule has 1 heterocycles. The molecule has 0 saturated carbocycles. The van der Waals surface area contributed by atoms with Crippen LogP contribution in [0, 0.1) is 0 Å². The maximum absolute atomic E-state index is 9.57. The molecule has 0 amide bonds. The molecule has 0 fully saturated rings. The number of rotatable bonds is 0. The molecule has 2 rings (SSSR count). The summed E-state index contributed by atoms with van der Waals surface area (Å²) < 4.78 is 5.39. The van der Waals surface area contributed by atoms with E-state index in [9.17, 15) is 5.11 Å². The zero-order chi connectivity index (χ0) is 9.42. The van der Waals surface area contributed by atoms with Gasteiger partial charge < -0.3 is 9.84 Å². The van der Waals surface area contributed by atoms with Crippen LogP contribution < -0.4 is 10.0 Å². The Morgan fingerprint density at radius 2 is 2.31 bits per heavy atom. The van der Waals surface area contributed by atoms with Crippen molar-refractivity contribution in [3.05, 3.63) is 17.7 Å². The van der Waals surface area contributed by atoms with Crippen LogP contribution in [0.1, 0.15) is 5.56 Å². The first-order valence-electron chi connectivity index (χ1n) is 4.09. The monoisotopic (exact) mass is 197 g/mol. The van der Waals surface area contributed by atoms with Crippen LogP contribution in [0.3, 0.4) is 0 Å². The highest BCUT2D eigenvalue weighted by Crippen LogP contribution is 2.32. The molecule has 3 nitrogen and oxygen atoms in total. The predicted octanol–water partition coefficient (Wildman–Crippen LogP) is 0.674. The molecule has 0 bridgehead atoms. The maximum Gasteiger partial charge on any atom is 0.167 e. The summed E-state index contributed by atoms with van der Waals surface area (Å²) in [5, 5.41) is 10.5. The molecule has 1 aliphatic heterocycles. The first-order valence-corrected chi connectivity index (χ1v) is 4.67. The molecule has 0 aliphatic carbocycles. The van der Waals surface area contributed by atoms with Gasteiger partial charge in [0.05, 0.1) is 0 Å². The van der Waals surface area contributed by atoms with E-state index < -0.39 is 0 Å². The third kappa shape index (κ3) is 1.62. The number of hydrogen-bond acceptors (Lipinski definition) is 3. The van der Waals surface area contributed by atoms with Crippen molar-refractivity contribution in [1.29, 1.82) is 0 Å². The zero-order valence-electron chi connectivity index (χ0n) is 7.45. The smallest absolute Gasteiger partial charge is 0.167 e. The van der Waals surface area contributed by atoms with Gasteiger partial charge in [0, 0.05) is 12.1 Å². The van der Waals surface area contributed by atoms with Crippen molar-refractivity contribution in [2.24, 2.45) is 0 Å². The largest absolute Gasteiger partial charge is 0.504 e. The molecule has 70 valence electrons. The number of phenolic OH excluding ortho intramolecular Hbond substituents is 1. The fraction of sp³-hybridized carbons (Fsp3) is 0.333. The lowest BCUT2D eigenvalue weighted by molar-refractivity contribution is 0.117. The Balaban J connectivity index is 2.47. The lowest BCUT2D eigenvalue weighted by Crippen LogP contribution is -2.28. The molecule has 0 radical (unpaired) electrons. The molecule has 1 atom stereocenters. The van der Waals surface area contributed by atoms with Crippen molar-refractivity contribution < 1.29 is 9.84 Å². The van der Waals surface area contributed by atoms with E-state index in [1.807, 2.05) is 18.0 Å². The van der Waals surface area contributed by atoms with Crippen LogP contribution in [0.4, 0.5) is 0 Å². The number of ether oxygens (including phenoxy) is 1. The SMILES string of the molecule is CN1COc2c(O)cc(P)cc2C1. The average Bonchev–Trinajstić information content (AvgIpc) is 2.02. The number of aromatic hydroxyl groups is 1. The van der Waals surface area contributed by atoms with Crippen molar-refractivity contribution in [2.45, 2.75) is 6.54 Å². The summed E-state index contributed by atoms with van der Waals surface area (Å²) in [6.07, 6.45) is 0. The van der Waals surface area contributed by atoms with Gasteiger partial charge in [0.25, 0.3) is 0 Å². The van der Waals surface area contributed by atoms with E-state index in [0.29, 0.717) is 12.5 Å². The standard InChI is InChI=1S/C9H12NO2P/c1-10-4-6-2-7(13)3-8(11)9(6)12-5-10/h2-3,11H,4-5,13H2,1H3. The van der Waals surface area contributed by atoms with Gasteiger partial charge in [-0.1, -0.05) is 0 Å². The van der Waals surface area contributed by atoms with Crippen LogP contribution >= 0.6 is 9.24 Å². The Morgan fingerprint density at radius 3 is 3.08 bits per heavy atom. The number of benzene rings is 1. The maximum atomic E-state index is 9.57. The van der Waals surface area contributed by atoms with Crippen LogP contribution in [0.15, 0.2) is 12.1 Å². The molecule has 1 aliphatic rings. The summed E-state index contributed by atoms with van der Waals surface area (Å²) in [7, 11) is 4.55. The van der Waals surface area contributed by atoms with E-state index in [1.165, 1.54) is 0 Å². The summed E-state index contributed by atoms with van der Waals surface area (Å²) in [4.78, 5) is 2.05. The molecule has 4 heteroatoms. The van der Waals surface area contributed by atoms with E-state index in [4.69, 9.17) is 4.74 Å². The molecule has 0 aromatic heterocycles. The summed E-state index contributed by atoms with van der Waals surface area (Å²) >= 11 is 0. The first-order chi connectivity index (χ1) is 6.16. The molecule has 1 aromatic carbocycles. The summed E-state index contributed by atoms with van der Waals surface area (Å²) in [6.45, 7) is 1.36. The van der Waals surface area contributed by atoms with Gasteiger partial charge in [0.1, 0.15) is 6.73 Å². The molecule has 13 heavy (non-hydrogen) atoms. The van der Waals surface area contributed by atoms with E-state index in [2.05, 4.69) is 9.24 Å². The van der Waals surface area contributed by atoms with E-state index >= 15 is 0 Å². The van der Waals surface area contributed by atoms with Gasteiger partial charge in [0.2, 0.25) is 0 Å². The molecule has 1 aromatic rings. The second-order valence-electron chi connectivity index (χ2n) is 3.32. The van der Waals surface area contributed by atoms with Crippen molar-refractivity contribution >= 4 is 14.5 Å². The quantitative estimate of drug-likeness (QED) is 0.620. The first kappa shape index (κ1) is 8.79.